The van der Waals surface area contributed by atoms with Crippen LogP contribution in [0.25, 0.3) is 5.57 Å². The van der Waals surface area contributed by atoms with Gasteiger partial charge in [-0.15, -0.1) is 10.2 Å². The van der Waals surface area contributed by atoms with Crippen molar-refractivity contribution >= 4 is 11.5 Å². The smallest absolute Gasteiger partial charge is 0.251 e. The fourth-order valence-corrected chi connectivity index (χ4v) is 3.79. The van der Waals surface area contributed by atoms with Gasteiger partial charge in [-0.25, -0.2) is 0 Å². The normalized spacial score (nSPS) is 18.8. The number of H-pyrrole nitrogens is 2. The molecule has 158 valence electrons. The van der Waals surface area contributed by atoms with Crippen LogP contribution >= 0.6 is 0 Å². The monoisotopic (exact) mass is 418 g/mol. The summed E-state index contributed by atoms with van der Waals surface area (Å²) in [4.78, 5) is 27.3. The quantitative estimate of drug-likeness (QED) is 0.539. The molecular formula is C22H22N6O3. The number of nitrogens with zero attached hydrogens (tertiary/aromatic N) is 3. The van der Waals surface area contributed by atoms with Gasteiger partial charge in [0.05, 0.1) is 0 Å². The van der Waals surface area contributed by atoms with Crippen LogP contribution in [-0.2, 0) is 11.4 Å². The largest absolute Gasteiger partial charge is 0.485 e. The molecule has 0 unspecified atom stereocenters. The van der Waals surface area contributed by atoms with Gasteiger partial charge in [-0.1, -0.05) is 29.5 Å². The first-order valence-corrected chi connectivity index (χ1v) is 10.4. The summed E-state index contributed by atoms with van der Waals surface area (Å²) in [5.74, 6) is 1.56. The van der Waals surface area contributed by atoms with E-state index in [4.69, 9.17) is 4.74 Å². The summed E-state index contributed by atoms with van der Waals surface area (Å²) in [5, 5.41) is 16.6. The van der Waals surface area contributed by atoms with E-state index in [1.54, 1.807) is 0 Å². The highest BCUT2D eigenvalue weighted by atomic mass is 16.5. The lowest BCUT2D eigenvalue weighted by molar-refractivity contribution is -0.119. The Bertz CT molecular complexity index is 1160. The van der Waals surface area contributed by atoms with E-state index < -0.39 is 0 Å². The molecule has 1 aliphatic heterocycles. The Hall–Kier alpha value is -3.75. The van der Waals surface area contributed by atoms with Crippen LogP contribution in [0.3, 0.4) is 0 Å². The molecule has 1 saturated carbocycles. The first-order chi connectivity index (χ1) is 15.2. The van der Waals surface area contributed by atoms with Crippen molar-refractivity contribution in [2.24, 2.45) is 0 Å². The summed E-state index contributed by atoms with van der Waals surface area (Å²) >= 11 is 0. The van der Waals surface area contributed by atoms with Crippen LogP contribution in [0.15, 0.2) is 47.3 Å². The molecule has 9 heteroatoms. The summed E-state index contributed by atoms with van der Waals surface area (Å²) in [7, 11) is 0. The number of nitrogens with one attached hydrogen (secondary N) is 3. The van der Waals surface area contributed by atoms with Gasteiger partial charge in [-0.3, -0.25) is 9.59 Å². The number of carbonyl (C=O) groups excluding carboxylic acids is 1. The van der Waals surface area contributed by atoms with Crippen molar-refractivity contribution in [2.45, 2.75) is 44.2 Å². The van der Waals surface area contributed by atoms with Crippen LogP contribution in [-0.4, -0.2) is 37.6 Å². The van der Waals surface area contributed by atoms with Gasteiger partial charge in [0.1, 0.15) is 5.75 Å². The van der Waals surface area contributed by atoms with Gasteiger partial charge in [0.25, 0.3) is 5.56 Å². The number of tetrazole rings is 1. The lowest BCUT2D eigenvalue weighted by Gasteiger charge is -2.13. The first-order valence-electron chi connectivity index (χ1n) is 10.4. The van der Waals surface area contributed by atoms with Crippen LogP contribution in [0.4, 0.5) is 0 Å². The SMILES string of the molecule is O=C1CC[C@H](/C=C(\c2ccc(OCc3nn[nH]n3)cc2)c2ccc(C3CC3)c(=O)[nH]2)N1. The molecule has 0 radical (unpaired) electrons. The molecule has 2 aliphatic rings. The van der Waals surface area contributed by atoms with Gasteiger partial charge in [0.15, 0.2) is 6.61 Å². The number of rotatable bonds is 7. The molecule has 3 aromatic rings. The van der Waals surface area contributed by atoms with Gasteiger partial charge in [0, 0.05) is 29.3 Å². The van der Waals surface area contributed by atoms with Gasteiger partial charge < -0.3 is 15.0 Å². The van der Waals surface area contributed by atoms with Crippen LogP contribution in [0.2, 0.25) is 0 Å². The third-order valence-electron chi connectivity index (χ3n) is 5.57. The third-order valence-corrected chi connectivity index (χ3v) is 5.57. The number of pyridine rings is 1. The Kier molecular flexibility index (Phi) is 5.07. The molecule has 0 bridgehead atoms. The van der Waals surface area contributed by atoms with Crippen LogP contribution in [0.1, 0.15) is 54.2 Å². The molecule has 5 rings (SSSR count). The van der Waals surface area contributed by atoms with Crippen molar-refractivity contribution in [3.05, 3.63) is 75.5 Å². The minimum Gasteiger partial charge on any atom is -0.485 e. The van der Waals surface area contributed by atoms with Crippen molar-refractivity contribution in [3.8, 4) is 5.75 Å². The Morgan fingerprint density at radius 2 is 1.94 bits per heavy atom. The number of ether oxygens (including phenoxy) is 1. The van der Waals surface area contributed by atoms with Crippen molar-refractivity contribution in [1.82, 2.24) is 30.9 Å². The highest BCUT2D eigenvalue weighted by Crippen LogP contribution is 2.38. The fourth-order valence-electron chi connectivity index (χ4n) is 3.79. The molecule has 1 aliphatic carbocycles. The maximum atomic E-state index is 12.6. The first kappa shape index (κ1) is 19.2. The molecule has 0 spiro atoms. The summed E-state index contributed by atoms with van der Waals surface area (Å²) < 4.78 is 5.69. The molecule has 3 heterocycles. The summed E-state index contributed by atoms with van der Waals surface area (Å²) in [6, 6.07) is 11.4. The van der Waals surface area contributed by atoms with E-state index in [9.17, 15) is 9.59 Å². The van der Waals surface area contributed by atoms with E-state index in [0.29, 0.717) is 23.9 Å². The Morgan fingerprint density at radius 3 is 2.58 bits per heavy atom. The molecule has 9 nitrogen and oxygen atoms in total. The van der Waals surface area contributed by atoms with Gasteiger partial charge >= 0.3 is 0 Å². The number of hydrogen-bond donors (Lipinski definition) is 3. The highest BCUT2D eigenvalue weighted by Gasteiger charge is 2.26. The average molecular weight is 418 g/mol. The maximum absolute atomic E-state index is 12.6. The van der Waals surface area contributed by atoms with E-state index >= 15 is 0 Å². The molecule has 31 heavy (non-hydrogen) atoms. The van der Waals surface area contributed by atoms with Crippen molar-refractivity contribution in [2.75, 3.05) is 0 Å². The topological polar surface area (TPSA) is 126 Å². The van der Waals surface area contributed by atoms with E-state index in [-0.39, 0.29) is 24.1 Å². The van der Waals surface area contributed by atoms with Crippen molar-refractivity contribution in [3.63, 3.8) is 0 Å². The molecule has 1 aromatic carbocycles. The van der Waals surface area contributed by atoms with Crippen molar-refractivity contribution in [1.29, 1.82) is 0 Å². The summed E-state index contributed by atoms with van der Waals surface area (Å²) in [5.41, 5.74) is 3.33. The fraction of sp³-hybridized carbons (Fsp3) is 0.318. The lowest BCUT2D eigenvalue weighted by Crippen LogP contribution is -2.23. The van der Waals surface area contributed by atoms with E-state index in [0.717, 1.165) is 41.7 Å². The molecule has 1 saturated heterocycles. The minimum atomic E-state index is -0.0664. The zero-order valence-electron chi connectivity index (χ0n) is 16.8. The molecule has 3 N–H and O–H groups in total. The highest BCUT2D eigenvalue weighted by molar-refractivity contribution is 5.82. The van der Waals surface area contributed by atoms with Gasteiger partial charge in [0.2, 0.25) is 11.7 Å². The average Bonchev–Trinajstić information content (AvgIpc) is 3.31. The third kappa shape index (κ3) is 4.40. The molecule has 1 amide bonds. The number of aromatic amines is 2. The van der Waals surface area contributed by atoms with Crippen LogP contribution < -0.4 is 15.6 Å². The molecular weight excluding hydrogens is 396 g/mol. The van der Waals surface area contributed by atoms with E-state index in [1.807, 2.05) is 42.5 Å². The zero-order chi connectivity index (χ0) is 21.2. The number of hydrogen-bond acceptors (Lipinski definition) is 6. The van der Waals surface area contributed by atoms with Crippen LogP contribution in [0.5, 0.6) is 5.75 Å². The number of carbonyl (C=O) groups is 1. The molecule has 1 atom stereocenters. The Balaban J connectivity index is 1.42. The van der Waals surface area contributed by atoms with E-state index in [2.05, 4.69) is 30.9 Å². The summed E-state index contributed by atoms with van der Waals surface area (Å²) in [6.07, 6.45) is 5.41. The molecule has 2 fully saturated rings. The Morgan fingerprint density at radius 1 is 1.10 bits per heavy atom. The second kappa shape index (κ2) is 8.17. The Labute approximate surface area is 177 Å². The summed E-state index contributed by atoms with van der Waals surface area (Å²) in [6.45, 7) is 0.211. The second-order valence-electron chi connectivity index (χ2n) is 7.86. The molecule has 2 aromatic heterocycles. The van der Waals surface area contributed by atoms with Crippen LogP contribution in [0, 0.1) is 0 Å². The predicted octanol–water partition coefficient (Wildman–Crippen LogP) is 2.05. The van der Waals surface area contributed by atoms with Crippen molar-refractivity contribution < 1.29 is 9.53 Å². The van der Waals surface area contributed by atoms with Gasteiger partial charge in [-0.05, 0) is 48.9 Å². The minimum absolute atomic E-state index is 0.0403. The number of benzene rings is 1. The lowest BCUT2D eigenvalue weighted by atomic mass is 9.98. The predicted molar refractivity (Wildman–Crippen MR) is 112 cm³/mol. The van der Waals surface area contributed by atoms with E-state index in [1.165, 1.54) is 0 Å². The number of aromatic nitrogens is 5. The second-order valence-corrected chi connectivity index (χ2v) is 7.86. The maximum Gasteiger partial charge on any atom is 0.251 e. The van der Waals surface area contributed by atoms with Gasteiger partial charge in [-0.2, -0.15) is 5.21 Å². The number of amides is 1. The standard InChI is InChI=1S/C22H22N6O3/c29-21-10-5-15(23-21)11-18(19-9-8-17(13-1-2-13)22(30)24-19)14-3-6-16(7-4-14)31-12-20-25-27-28-26-20/h3-4,6-9,11,13,15H,1-2,5,10,12H2,(H,23,29)(H,24,30)(H,25,26,27,28)/b18-11+/t15-/m1/s1. The zero-order valence-corrected chi connectivity index (χ0v) is 16.8.